The zero-order chi connectivity index (χ0) is 23.2. The van der Waals surface area contributed by atoms with Crippen LogP contribution in [0.2, 0.25) is 10.0 Å². The maximum atomic E-state index is 13.3. The molecule has 5 nitrogen and oxygen atoms in total. The summed E-state index contributed by atoms with van der Waals surface area (Å²) < 4.78 is 5.36. The van der Waals surface area contributed by atoms with E-state index in [1.54, 1.807) is 12.1 Å². The standard InChI is InChI=1S/C24H19Cl2NO4S/c1-12-6-4-5-7-17(12)27-19(23-13(2)8-9-32-23)18(21(29)24(27)30)20(28)15-10-14(25)11-16(26)22(15)31-3/h4-11,19,28H,1-3H3/b20-18+. The Balaban J connectivity index is 2.03. The van der Waals surface area contributed by atoms with Gasteiger partial charge in [0.05, 0.1) is 23.3 Å². The second kappa shape index (κ2) is 8.62. The van der Waals surface area contributed by atoms with Crippen molar-refractivity contribution in [1.29, 1.82) is 0 Å². The van der Waals surface area contributed by atoms with Crippen LogP contribution < -0.4 is 9.64 Å². The molecular formula is C24H19Cl2NO4S. The average molecular weight is 488 g/mol. The van der Waals surface area contributed by atoms with E-state index in [0.29, 0.717) is 5.69 Å². The number of anilines is 1. The number of aryl methyl sites for hydroxylation is 2. The van der Waals surface area contributed by atoms with Crippen molar-refractivity contribution in [2.24, 2.45) is 0 Å². The predicted molar refractivity (Wildman–Crippen MR) is 128 cm³/mol. The maximum Gasteiger partial charge on any atom is 0.300 e. The topological polar surface area (TPSA) is 66.8 Å². The van der Waals surface area contributed by atoms with Gasteiger partial charge in [0.1, 0.15) is 17.6 Å². The van der Waals surface area contributed by atoms with Gasteiger partial charge >= 0.3 is 0 Å². The molecule has 3 aromatic rings. The number of hydrogen-bond donors (Lipinski definition) is 1. The summed E-state index contributed by atoms with van der Waals surface area (Å²) >= 11 is 13.8. The first-order valence-electron chi connectivity index (χ1n) is 9.70. The highest BCUT2D eigenvalue weighted by molar-refractivity contribution is 7.10. The van der Waals surface area contributed by atoms with E-state index in [0.717, 1.165) is 16.0 Å². The lowest BCUT2D eigenvalue weighted by Gasteiger charge is -2.26. The molecule has 1 saturated heterocycles. The van der Waals surface area contributed by atoms with Gasteiger partial charge in [0.25, 0.3) is 11.7 Å². The number of ketones is 1. The number of ether oxygens (including phenoxy) is 1. The van der Waals surface area contributed by atoms with Crippen molar-refractivity contribution in [1.82, 2.24) is 0 Å². The van der Waals surface area contributed by atoms with Crippen molar-refractivity contribution in [2.45, 2.75) is 19.9 Å². The molecule has 1 amide bonds. The lowest BCUT2D eigenvalue weighted by Crippen LogP contribution is -2.30. The summed E-state index contributed by atoms with van der Waals surface area (Å²) in [5.74, 6) is -1.73. The van der Waals surface area contributed by atoms with Crippen LogP contribution in [-0.4, -0.2) is 23.9 Å². The molecule has 1 aliphatic heterocycles. The van der Waals surface area contributed by atoms with Gasteiger partial charge < -0.3 is 9.84 Å². The van der Waals surface area contributed by atoms with Gasteiger partial charge in [-0.3, -0.25) is 14.5 Å². The third-order valence-corrected chi connectivity index (χ3v) is 7.01. The van der Waals surface area contributed by atoms with E-state index in [1.807, 2.05) is 37.4 Å². The van der Waals surface area contributed by atoms with Gasteiger partial charge in [-0.25, -0.2) is 0 Å². The van der Waals surface area contributed by atoms with Crippen LogP contribution in [0.3, 0.4) is 0 Å². The summed E-state index contributed by atoms with van der Waals surface area (Å²) in [5, 5.41) is 13.7. The number of amides is 1. The van der Waals surface area contributed by atoms with E-state index in [-0.39, 0.29) is 26.9 Å². The third kappa shape index (κ3) is 3.58. The fraction of sp³-hybridized carbons (Fsp3) is 0.167. The molecule has 32 heavy (non-hydrogen) atoms. The van der Waals surface area contributed by atoms with E-state index in [2.05, 4.69) is 0 Å². The van der Waals surface area contributed by atoms with Crippen molar-refractivity contribution >= 4 is 57.7 Å². The Morgan fingerprint density at radius 3 is 2.44 bits per heavy atom. The number of carbonyl (C=O) groups is 2. The van der Waals surface area contributed by atoms with Gasteiger partial charge in [-0.15, -0.1) is 11.3 Å². The quantitative estimate of drug-likeness (QED) is 0.266. The minimum absolute atomic E-state index is 0.0413. The lowest BCUT2D eigenvalue weighted by atomic mass is 9.97. The number of nitrogens with zero attached hydrogens (tertiary/aromatic N) is 1. The van der Waals surface area contributed by atoms with Gasteiger partial charge in [0.2, 0.25) is 0 Å². The number of thiophene rings is 1. The van der Waals surface area contributed by atoms with Crippen molar-refractivity contribution < 1.29 is 19.4 Å². The van der Waals surface area contributed by atoms with Gasteiger partial charge in [-0.05, 0) is 54.6 Å². The second-order valence-electron chi connectivity index (χ2n) is 7.39. The maximum absolute atomic E-state index is 13.3. The largest absolute Gasteiger partial charge is 0.507 e. The van der Waals surface area contributed by atoms with Crippen LogP contribution in [0.25, 0.3) is 5.76 Å². The molecule has 1 fully saturated rings. The third-order valence-electron chi connectivity index (χ3n) is 5.44. The Labute approximate surface area is 199 Å². The first kappa shape index (κ1) is 22.4. The Kier molecular flexibility index (Phi) is 6.03. The first-order chi connectivity index (χ1) is 15.3. The fourth-order valence-electron chi connectivity index (χ4n) is 3.92. The van der Waals surface area contributed by atoms with E-state index >= 15 is 0 Å². The minimum atomic E-state index is -0.807. The molecule has 1 aliphatic rings. The summed E-state index contributed by atoms with van der Waals surface area (Å²) in [6.45, 7) is 3.77. The Morgan fingerprint density at radius 1 is 1.09 bits per heavy atom. The van der Waals surface area contributed by atoms with Crippen molar-refractivity contribution in [3.05, 3.63) is 85.0 Å². The molecule has 4 rings (SSSR count). The average Bonchev–Trinajstić information content (AvgIpc) is 3.28. The molecule has 1 atom stereocenters. The van der Waals surface area contributed by atoms with Gasteiger partial charge in [0.15, 0.2) is 0 Å². The summed E-state index contributed by atoms with van der Waals surface area (Å²) in [4.78, 5) is 28.8. The SMILES string of the molecule is COc1c(Cl)cc(Cl)cc1/C(O)=C1\C(=O)C(=O)N(c2ccccc2C)C1c1sccc1C. The monoisotopic (exact) mass is 487 g/mol. The number of benzene rings is 2. The molecular weight excluding hydrogens is 469 g/mol. The number of Topliss-reactive ketones (excluding diaryl/α,β-unsaturated/α-hetero) is 1. The molecule has 0 bridgehead atoms. The van der Waals surface area contributed by atoms with Crippen LogP contribution in [-0.2, 0) is 9.59 Å². The zero-order valence-corrected chi connectivity index (χ0v) is 19.8. The van der Waals surface area contributed by atoms with Crippen LogP contribution >= 0.6 is 34.5 Å². The van der Waals surface area contributed by atoms with Crippen molar-refractivity contribution in [3.63, 3.8) is 0 Å². The van der Waals surface area contributed by atoms with Gasteiger partial charge in [-0.1, -0.05) is 41.4 Å². The zero-order valence-electron chi connectivity index (χ0n) is 17.5. The molecule has 0 aliphatic carbocycles. The fourth-order valence-corrected chi connectivity index (χ4v) is 5.51. The smallest absolute Gasteiger partial charge is 0.300 e. The molecule has 1 N–H and O–H groups in total. The van der Waals surface area contributed by atoms with Gasteiger partial charge in [-0.2, -0.15) is 0 Å². The highest BCUT2D eigenvalue weighted by Gasteiger charge is 2.48. The Hall–Kier alpha value is -2.80. The van der Waals surface area contributed by atoms with Gasteiger partial charge in [0, 0.05) is 15.6 Å². The molecule has 0 radical (unpaired) electrons. The molecule has 2 aromatic carbocycles. The number of halogens is 2. The molecule has 1 aromatic heterocycles. The molecule has 164 valence electrons. The number of para-hydroxylation sites is 1. The normalized spacial score (nSPS) is 17.8. The van der Waals surface area contributed by atoms with E-state index in [4.69, 9.17) is 27.9 Å². The number of rotatable bonds is 4. The number of aliphatic hydroxyl groups is 1. The summed E-state index contributed by atoms with van der Waals surface area (Å²) in [5.41, 5.74) is 2.44. The highest BCUT2D eigenvalue weighted by atomic mass is 35.5. The second-order valence-corrected chi connectivity index (χ2v) is 9.18. The molecule has 1 unspecified atom stereocenters. The molecule has 0 spiro atoms. The van der Waals surface area contributed by atoms with Crippen LogP contribution in [0.15, 0.2) is 53.4 Å². The Morgan fingerprint density at radius 2 is 1.81 bits per heavy atom. The van der Waals surface area contributed by atoms with Crippen LogP contribution in [0, 0.1) is 13.8 Å². The van der Waals surface area contributed by atoms with Crippen LogP contribution in [0.1, 0.15) is 27.6 Å². The summed E-state index contributed by atoms with van der Waals surface area (Å²) in [6.07, 6.45) is 0. The van der Waals surface area contributed by atoms with Crippen molar-refractivity contribution in [3.8, 4) is 5.75 Å². The number of carbonyl (C=O) groups excluding carboxylic acids is 2. The van der Waals surface area contributed by atoms with Crippen molar-refractivity contribution in [2.75, 3.05) is 12.0 Å². The molecule has 0 saturated carbocycles. The molecule has 2 heterocycles. The molecule has 8 heteroatoms. The summed E-state index contributed by atoms with van der Waals surface area (Å²) in [6, 6.07) is 11.4. The number of methoxy groups -OCH3 is 1. The highest BCUT2D eigenvalue weighted by Crippen LogP contribution is 2.47. The van der Waals surface area contributed by atoms with Crippen LogP contribution in [0.5, 0.6) is 5.75 Å². The minimum Gasteiger partial charge on any atom is -0.507 e. The predicted octanol–water partition coefficient (Wildman–Crippen LogP) is 6.31. The summed E-state index contributed by atoms with van der Waals surface area (Å²) in [7, 11) is 1.40. The lowest BCUT2D eigenvalue weighted by molar-refractivity contribution is -0.132. The van der Waals surface area contributed by atoms with E-state index in [9.17, 15) is 14.7 Å². The number of aliphatic hydroxyl groups excluding tert-OH is 1. The number of hydrogen-bond acceptors (Lipinski definition) is 5. The van der Waals surface area contributed by atoms with E-state index < -0.39 is 23.5 Å². The van der Waals surface area contributed by atoms with Crippen LogP contribution in [0.4, 0.5) is 5.69 Å². The first-order valence-corrected chi connectivity index (χ1v) is 11.3. The Bertz CT molecular complexity index is 1280. The van der Waals surface area contributed by atoms with E-state index in [1.165, 1.54) is 35.5 Å².